The first-order valence-corrected chi connectivity index (χ1v) is 11.3. The second kappa shape index (κ2) is 14.8. The molecule has 0 amide bonds. The minimum Gasteiger partial charge on any atom is -0.388 e. The van der Waals surface area contributed by atoms with Crippen LogP contribution in [0.1, 0.15) is 94.4 Å². The minimum absolute atomic E-state index is 0.108. The monoisotopic (exact) mass is 426 g/mol. The lowest BCUT2D eigenvalue weighted by Gasteiger charge is -2.39. The minimum atomic E-state index is -0.578. The number of Topliss-reactive ketones (excluding diaryl/α,β-unsaturated/α-hetero) is 2. The number of aryl methyl sites for hydroxylation is 2. The van der Waals surface area contributed by atoms with Gasteiger partial charge in [0.15, 0.2) is 0 Å². The van der Waals surface area contributed by atoms with Crippen LogP contribution in [0.25, 0.3) is 0 Å². The lowest BCUT2D eigenvalue weighted by molar-refractivity contribution is -0.137. The van der Waals surface area contributed by atoms with Crippen molar-refractivity contribution in [1.82, 2.24) is 0 Å². The van der Waals surface area contributed by atoms with E-state index in [1.54, 1.807) is 20.3 Å². The standard InChI is InChI=1S/C23H30O2.C3H6.C2H6O/c1-6-9-18-12-16(4)21(17(5)13-18)22-19(24)14-23(10-7-2,11-8-3)15-20(22)25;2*1-3-2/h12-13,22H,7-8,10-11,14-15H2,1-5H3;3H,1H2,2H3;1-2H3. The van der Waals surface area contributed by atoms with Gasteiger partial charge in [-0.05, 0) is 74.8 Å². The molecule has 0 spiro atoms. The SMILES string of the molecule is C=CC.CC#Cc1cc(C)c(C2C(=O)CC(CCC)(CCC)CC2=O)c(C)c1.COC. The molecule has 0 radical (unpaired) electrons. The van der Waals surface area contributed by atoms with Crippen molar-refractivity contribution in [2.24, 2.45) is 5.41 Å². The summed E-state index contributed by atoms with van der Waals surface area (Å²) >= 11 is 0. The molecule has 0 aromatic heterocycles. The van der Waals surface area contributed by atoms with Crippen molar-refractivity contribution < 1.29 is 14.3 Å². The number of carbonyl (C=O) groups is 2. The molecule has 0 saturated heterocycles. The third-order valence-corrected chi connectivity index (χ3v) is 5.45. The van der Waals surface area contributed by atoms with E-state index in [9.17, 15) is 9.59 Å². The number of rotatable bonds is 5. The second-order valence-electron chi connectivity index (χ2n) is 8.43. The van der Waals surface area contributed by atoms with Crippen LogP contribution in [-0.4, -0.2) is 25.8 Å². The van der Waals surface area contributed by atoms with Crippen LogP contribution in [0.4, 0.5) is 0 Å². The summed E-state index contributed by atoms with van der Waals surface area (Å²) in [6.07, 6.45) is 6.81. The number of ketones is 2. The van der Waals surface area contributed by atoms with Gasteiger partial charge in [-0.25, -0.2) is 0 Å². The summed E-state index contributed by atoms with van der Waals surface area (Å²) in [6.45, 7) is 15.3. The zero-order valence-corrected chi connectivity index (χ0v) is 21.0. The number of benzene rings is 1. The number of carbonyl (C=O) groups excluding carboxylic acids is 2. The highest BCUT2D eigenvalue weighted by Gasteiger charge is 2.45. The smallest absolute Gasteiger partial charge is 0.148 e. The van der Waals surface area contributed by atoms with Crippen LogP contribution in [0.2, 0.25) is 0 Å². The third-order valence-electron chi connectivity index (χ3n) is 5.45. The maximum atomic E-state index is 13.0. The van der Waals surface area contributed by atoms with Crippen molar-refractivity contribution in [1.29, 1.82) is 0 Å². The molecule has 3 heteroatoms. The zero-order valence-electron chi connectivity index (χ0n) is 21.0. The van der Waals surface area contributed by atoms with Gasteiger partial charge in [-0.3, -0.25) is 9.59 Å². The summed E-state index contributed by atoms with van der Waals surface area (Å²) in [5.74, 6) is 5.62. The number of ether oxygens (including phenoxy) is 1. The lowest BCUT2D eigenvalue weighted by atomic mass is 9.63. The van der Waals surface area contributed by atoms with Gasteiger partial charge in [0.1, 0.15) is 17.5 Å². The summed E-state index contributed by atoms with van der Waals surface area (Å²) in [5.41, 5.74) is 3.76. The summed E-state index contributed by atoms with van der Waals surface area (Å²) in [5, 5.41) is 0. The van der Waals surface area contributed by atoms with Crippen molar-refractivity contribution in [3.63, 3.8) is 0 Å². The fraction of sp³-hybridized carbons (Fsp3) is 0.571. The number of hydrogen-bond donors (Lipinski definition) is 0. The quantitative estimate of drug-likeness (QED) is 0.298. The molecule has 1 aliphatic carbocycles. The molecule has 2 rings (SSSR count). The first kappa shape index (κ1) is 28.8. The Labute approximate surface area is 190 Å². The van der Waals surface area contributed by atoms with Gasteiger partial charge < -0.3 is 4.74 Å². The maximum absolute atomic E-state index is 13.0. The first-order valence-electron chi connectivity index (χ1n) is 11.3. The lowest BCUT2D eigenvalue weighted by Crippen LogP contribution is -2.40. The Balaban J connectivity index is 0.00000134. The van der Waals surface area contributed by atoms with Gasteiger partial charge in [-0.2, -0.15) is 0 Å². The highest BCUT2D eigenvalue weighted by Crippen LogP contribution is 2.46. The van der Waals surface area contributed by atoms with Crippen LogP contribution >= 0.6 is 0 Å². The third kappa shape index (κ3) is 8.46. The van der Waals surface area contributed by atoms with Crippen molar-refractivity contribution >= 4 is 11.6 Å². The molecule has 0 N–H and O–H groups in total. The molecular weight excluding hydrogens is 384 g/mol. The topological polar surface area (TPSA) is 43.4 Å². The van der Waals surface area contributed by atoms with Crippen LogP contribution in [-0.2, 0) is 14.3 Å². The molecule has 0 atom stereocenters. The Morgan fingerprint density at radius 1 is 1.06 bits per heavy atom. The summed E-state index contributed by atoms with van der Waals surface area (Å²) in [6, 6.07) is 4.00. The number of allylic oxidation sites excluding steroid dienone is 1. The average molecular weight is 427 g/mol. The number of hydrogen-bond acceptors (Lipinski definition) is 3. The van der Waals surface area contributed by atoms with Crippen LogP contribution < -0.4 is 0 Å². The van der Waals surface area contributed by atoms with Gasteiger partial charge in [0, 0.05) is 32.6 Å². The van der Waals surface area contributed by atoms with E-state index in [-0.39, 0.29) is 17.0 Å². The predicted octanol–water partition coefficient (Wildman–Crippen LogP) is 6.73. The average Bonchev–Trinajstić information content (AvgIpc) is 2.65. The van der Waals surface area contributed by atoms with E-state index in [0.29, 0.717) is 12.8 Å². The number of methoxy groups -OCH3 is 1. The normalized spacial score (nSPS) is 15.0. The molecule has 0 unspecified atom stereocenters. The molecule has 1 aromatic rings. The van der Waals surface area contributed by atoms with Crippen LogP contribution in [0.15, 0.2) is 24.8 Å². The molecule has 1 aliphatic rings. The second-order valence-corrected chi connectivity index (χ2v) is 8.43. The predicted molar refractivity (Wildman–Crippen MR) is 132 cm³/mol. The molecule has 1 fully saturated rings. The molecule has 1 saturated carbocycles. The van der Waals surface area contributed by atoms with E-state index in [1.807, 2.05) is 39.8 Å². The van der Waals surface area contributed by atoms with Crippen LogP contribution in [0, 0.1) is 31.1 Å². The fourth-order valence-electron chi connectivity index (χ4n) is 4.69. The summed E-state index contributed by atoms with van der Waals surface area (Å²) < 4.78 is 4.25. The fourth-order valence-corrected chi connectivity index (χ4v) is 4.69. The van der Waals surface area contributed by atoms with E-state index in [2.05, 4.69) is 37.0 Å². The van der Waals surface area contributed by atoms with Crippen LogP contribution in [0.3, 0.4) is 0 Å². The van der Waals surface area contributed by atoms with Crippen molar-refractivity contribution in [3.8, 4) is 11.8 Å². The van der Waals surface area contributed by atoms with Crippen molar-refractivity contribution in [2.75, 3.05) is 14.2 Å². The summed E-state index contributed by atoms with van der Waals surface area (Å²) in [4.78, 5) is 26.1. The maximum Gasteiger partial charge on any atom is 0.148 e. The Hall–Kier alpha value is -2.18. The van der Waals surface area contributed by atoms with E-state index < -0.39 is 5.92 Å². The van der Waals surface area contributed by atoms with Gasteiger partial charge in [0.05, 0.1) is 0 Å². The van der Waals surface area contributed by atoms with E-state index in [0.717, 1.165) is 47.9 Å². The van der Waals surface area contributed by atoms with Gasteiger partial charge >= 0.3 is 0 Å². The molecule has 0 bridgehead atoms. The summed E-state index contributed by atoms with van der Waals surface area (Å²) in [7, 11) is 3.25. The Morgan fingerprint density at radius 2 is 1.45 bits per heavy atom. The highest BCUT2D eigenvalue weighted by atomic mass is 16.4. The van der Waals surface area contributed by atoms with Crippen LogP contribution in [0.5, 0.6) is 0 Å². The van der Waals surface area contributed by atoms with Gasteiger partial charge in [-0.1, -0.05) is 38.7 Å². The van der Waals surface area contributed by atoms with E-state index in [4.69, 9.17) is 0 Å². The largest absolute Gasteiger partial charge is 0.388 e. The molecule has 0 aliphatic heterocycles. The van der Waals surface area contributed by atoms with E-state index >= 15 is 0 Å². The van der Waals surface area contributed by atoms with Crippen molar-refractivity contribution in [2.45, 2.75) is 86.0 Å². The molecule has 1 aromatic carbocycles. The van der Waals surface area contributed by atoms with Gasteiger partial charge in [-0.15, -0.1) is 12.5 Å². The van der Waals surface area contributed by atoms with Gasteiger partial charge in [0.25, 0.3) is 0 Å². The van der Waals surface area contributed by atoms with E-state index in [1.165, 1.54) is 0 Å². The first-order chi connectivity index (χ1) is 14.7. The van der Waals surface area contributed by atoms with Crippen molar-refractivity contribution in [3.05, 3.63) is 47.0 Å². The molecule has 31 heavy (non-hydrogen) atoms. The Kier molecular flexibility index (Phi) is 13.7. The van der Waals surface area contributed by atoms with Gasteiger partial charge in [0.2, 0.25) is 0 Å². The molecular formula is C28H42O3. The molecule has 0 heterocycles. The molecule has 172 valence electrons. The zero-order chi connectivity index (χ0) is 24.0. The Bertz CT molecular complexity index is 743. The molecule has 3 nitrogen and oxygen atoms in total. The Morgan fingerprint density at radius 3 is 1.77 bits per heavy atom. The highest BCUT2D eigenvalue weighted by molar-refractivity contribution is 6.10.